The summed E-state index contributed by atoms with van der Waals surface area (Å²) < 4.78 is 12.0. The first kappa shape index (κ1) is 18.5. The third-order valence-electron chi connectivity index (χ3n) is 4.87. The monoisotopic (exact) mass is 332 g/mol. The molecule has 0 amide bonds. The second-order valence-electron chi connectivity index (χ2n) is 8.34. The predicted octanol–water partition coefficient (Wildman–Crippen LogP) is 3.24. The van der Waals surface area contributed by atoms with Gasteiger partial charge in [0.1, 0.15) is 0 Å². The number of rotatable bonds is 4. The lowest BCUT2D eigenvalue weighted by Crippen LogP contribution is -2.41. The van der Waals surface area contributed by atoms with Crippen molar-refractivity contribution < 1.29 is 14.4 Å². The van der Waals surface area contributed by atoms with Crippen molar-refractivity contribution in [1.82, 2.24) is 0 Å². The summed E-state index contributed by atoms with van der Waals surface area (Å²) >= 11 is 0. The van der Waals surface area contributed by atoms with Crippen molar-refractivity contribution in [2.45, 2.75) is 58.5 Å². The quantitative estimate of drug-likeness (QED) is 0.861. The van der Waals surface area contributed by atoms with Crippen molar-refractivity contribution in [2.75, 3.05) is 6.61 Å². The lowest BCUT2D eigenvalue weighted by atomic mass is 9.77. The van der Waals surface area contributed by atoms with E-state index in [0.717, 1.165) is 11.0 Å². The molecule has 23 heavy (non-hydrogen) atoms. The topological polar surface area (TPSA) is 38.7 Å². The minimum Gasteiger partial charge on any atom is -0.400 e. The Labute approximate surface area is 141 Å². The molecule has 1 aliphatic heterocycles. The van der Waals surface area contributed by atoms with Crippen LogP contribution in [0.4, 0.5) is 0 Å². The van der Waals surface area contributed by atoms with E-state index in [4.69, 9.17) is 9.31 Å². The predicted molar refractivity (Wildman–Crippen MR) is 101 cm³/mol. The lowest BCUT2D eigenvalue weighted by Gasteiger charge is -2.32. The molecule has 0 bridgehead atoms. The summed E-state index contributed by atoms with van der Waals surface area (Å²) in [6.45, 7) is 15.0. The van der Waals surface area contributed by atoms with E-state index >= 15 is 0 Å². The maximum absolute atomic E-state index is 9.75. The van der Waals surface area contributed by atoms with Crippen LogP contribution in [0.3, 0.4) is 0 Å². The lowest BCUT2D eigenvalue weighted by molar-refractivity contribution is 0.00578. The van der Waals surface area contributed by atoms with E-state index in [2.05, 4.69) is 43.9 Å². The average molecular weight is 332 g/mol. The van der Waals surface area contributed by atoms with Gasteiger partial charge in [-0.3, -0.25) is 0 Å². The Morgan fingerprint density at radius 3 is 1.91 bits per heavy atom. The maximum atomic E-state index is 9.75. The fourth-order valence-corrected chi connectivity index (χ4v) is 3.64. The number of hydrogen-bond acceptors (Lipinski definition) is 3. The third kappa shape index (κ3) is 3.97. The summed E-state index contributed by atoms with van der Waals surface area (Å²) in [5.41, 5.74) is 1.02. The summed E-state index contributed by atoms with van der Waals surface area (Å²) in [7, 11) is -1.79. The molecule has 1 saturated heterocycles. The maximum Gasteiger partial charge on any atom is 0.492 e. The molecule has 1 aromatic rings. The standard InChI is InChI=1S/C18H29BO3Si/c1-17(2)18(3,4)22-19(21-17)15(13-20)12-14-8-10-16(11-9-14)23(5,6)7/h8-12,20H,13H2,1-7H3. The molecule has 5 heteroatoms. The molecule has 1 heterocycles. The van der Waals surface area contributed by atoms with Gasteiger partial charge in [0.2, 0.25) is 0 Å². The number of benzene rings is 1. The highest BCUT2D eigenvalue weighted by atomic mass is 28.3. The van der Waals surface area contributed by atoms with Crippen molar-refractivity contribution in [2.24, 2.45) is 0 Å². The first-order valence-corrected chi connectivity index (χ1v) is 11.7. The van der Waals surface area contributed by atoms with Crippen LogP contribution in [-0.2, 0) is 9.31 Å². The van der Waals surface area contributed by atoms with Gasteiger partial charge in [0.25, 0.3) is 0 Å². The van der Waals surface area contributed by atoms with E-state index in [1.54, 1.807) is 0 Å². The Kier molecular flexibility index (Phi) is 4.98. The second kappa shape index (κ2) is 6.21. The van der Waals surface area contributed by atoms with Crippen molar-refractivity contribution in [1.29, 1.82) is 0 Å². The number of aliphatic hydroxyl groups excluding tert-OH is 1. The van der Waals surface area contributed by atoms with E-state index in [-0.39, 0.29) is 6.61 Å². The van der Waals surface area contributed by atoms with Crippen LogP contribution in [0.15, 0.2) is 29.7 Å². The summed E-state index contributed by atoms with van der Waals surface area (Å²) in [4.78, 5) is 0. The van der Waals surface area contributed by atoms with E-state index < -0.39 is 26.4 Å². The van der Waals surface area contributed by atoms with Crippen molar-refractivity contribution in [3.05, 3.63) is 35.3 Å². The van der Waals surface area contributed by atoms with E-state index in [9.17, 15) is 5.11 Å². The van der Waals surface area contributed by atoms with Gasteiger partial charge >= 0.3 is 7.12 Å². The molecule has 0 atom stereocenters. The first-order valence-electron chi connectivity index (χ1n) is 8.24. The SMILES string of the molecule is CC1(C)OB(C(=Cc2ccc([Si](C)(C)C)cc2)CO)OC1(C)C. The number of aliphatic hydroxyl groups is 1. The molecule has 1 aromatic carbocycles. The Morgan fingerprint density at radius 1 is 1.04 bits per heavy atom. The molecule has 0 unspecified atom stereocenters. The van der Waals surface area contributed by atoms with Gasteiger partial charge < -0.3 is 14.4 Å². The van der Waals surface area contributed by atoms with Gasteiger partial charge in [-0.25, -0.2) is 0 Å². The van der Waals surface area contributed by atoms with E-state index in [1.807, 2.05) is 33.8 Å². The summed E-state index contributed by atoms with van der Waals surface area (Å²) in [6.07, 6.45) is 1.97. The summed E-state index contributed by atoms with van der Waals surface area (Å²) in [5.74, 6) is 0. The van der Waals surface area contributed by atoms with E-state index in [1.165, 1.54) is 5.19 Å². The van der Waals surface area contributed by atoms with E-state index in [0.29, 0.717) is 0 Å². The van der Waals surface area contributed by atoms with Gasteiger partial charge in [-0.1, -0.05) is 55.2 Å². The Bertz CT molecular complexity index is 569. The molecule has 3 nitrogen and oxygen atoms in total. The van der Waals surface area contributed by atoms with Gasteiger partial charge in [-0.05, 0) is 38.7 Å². The van der Waals surface area contributed by atoms with Crippen LogP contribution in [0.2, 0.25) is 19.6 Å². The fourth-order valence-electron chi connectivity index (χ4n) is 2.48. The zero-order valence-electron chi connectivity index (χ0n) is 15.4. The van der Waals surface area contributed by atoms with Crippen LogP contribution >= 0.6 is 0 Å². The third-order valence-corrected chi connectivity index (χ3v) is 6.93. The van der Waals surface area contributed by atoms with Gasteiger partial charge in [0.05, 0.1) is 25.9 Å². The summed E-state index contributed by atoms with van der Waals surface area (Å²) in [6, 6.07) is 8.59. The molecule has 126 valence electrons. The Morgan fingerprint density at radius 2 is 1.52 bits per heavy atom. The molecule has 1 fully saturated rings. The minimum atomic E-state index is -1.29. The minimum absolute atomic E-state index is 0.0768. The van der Waals surface area contributed by atoms with Gasteiger partial charge in [-0.2, -0.15) is 0 Å². The number of hydrogen-bond donors (Lipinski definition) is 1. The molecule has 0 radical (unpaired) electrons. The first-order chi connectivity index (χ1) is 10.5. The zero-order chi connectivity index (χ0) is 17.5. The summed E-state index contributed by atoms with van der Waals surface area (Å²) in [5, 5.41) is 11.2. The molecule has 0 spiro atoms. The Hall–Kier alpha value is -0.878. The molecule has 1 N–H and O–H groups in total. The highest BCUT2D eigenvalue weighted by molar-refractivity contribution is 6.88. The average Bonchev–Trinajstić information content (AvgIpc) is 2.64. The van der Waals surface area contributed by atoms with Crippen LogP contribution in [-0.4, -0.2) is 38.1 Å². The molecule has 0 aliphatic carbocycles. The largest absolute Gasteiger partial charge is 0.492 e. The van der Waals surface area contributed by atoms with Crippen LogP contribution in [0.5, 0.6) is 0 Å². The smallest absolute Gasteiger partial charge is 0.400 e. The molecule has 0 saturated carbocycles. The van der Waals surface area contributed by atoms with Crippen LogP contribution in [0, 0.1) is 0 Å². The van der Waals surface area contributed by atoms with Crippen molar-refractivity contribution in [3.63, 3.8) is 0 Å². The van der Waals surface area contributed by atoms with Crippen LogP contribution in [0.25, 0.3) is 6.08 Å². The Balaban J connectivity index is 2.23. The van der Waals surface area contributed by atoms with Crippen molar-refractivity contribution >= 4 is 26.5 Å². The highest BCUT2D eigenvalue weighted by Gasteiger charge is 2.52. The highest BCUT2D eigenvalue weighted by Crippen LogP contribution is 2.38. The van der Waals surface area contributed by atoms with Gasteiger partial charge in [-0.15, -0.1) is 0 Å². The van der Waals surface area contributed by atoms with Gasteiger partial charge in [0.15, 0.2) is 0 Å². The van der Waals surface area contributed by atoms with Crippen molar-refractivity contribution in [3.8, 4) is 0 Å². The zero-order valence-corrected chi connectivity index (χ0v) is 16.4. The van der Waals surface area contributed by atoms with Crippen LogP contribution < -0.4 is 5.19 Å². The second-order valence-corrected chi connectivity index (χ2v) is 13.4. The molecule has 0 aromatic heterocycles. The fraction of sp³-hybridized carbons (Fsp3) is 0.556. The van der Waals surface area contributed by atoms with Crippen LogP contribution in [0.1, 0.15) is 33.3 Å². The van der Waals surface area contributed by atoms with Gasteiger partial charge in [0, 0.05) is 0 Å². The molecular weight excluding hydrogens is 303 g/mol. The molecule has 2 rings (SSSR count). The molecular formula is C18H29BO3Si. The molecule has 1 aliphatic rings. The normalized spacial score (nSPS) is 20.9.